The van der Waals surface area contributed by atoms with Gasteiger partial charge in [0.25, 0.3) is 5.91 Å². The van der Waals surface area contributed by atoms with Crippen molar-refractivity contribution in [3.8, 4) is 17.2 Å². The molecule has 1 amide bonds. The molecule has 2 aromatic carbocycles. The van der Waals surface area contributed by atoms with E-state index in [4.69, 9.17) is 26.4 Å². The average Bonchev–Trinajstić information content (AvgIpc) is 2.94. The topological polar surface area (TPSA) is 60.0 Å². The van der Waals surface area contributed by atoms with Crippen LogP contribution in [0.25, 0.3) is 6.08 Å². The van der Waals surface area contributed by atoms with E-state index >= 15 is 0 Å². The number of aryl methyl sites for hydroxylation is 1. The molecule has 1 saturated heterocycles. The maximum atomic E-state index is 12.9. The number of thiocarbonyl (C=S) groups is 1. The Hall–Kier alpha value is -3.06. The van der Waals surface area contributed by atoms with Crippen molar-refractivity contribution in [2.75, 3.05) is 26.2 Å². The van der Waals surface area contributed by atoms with Gasteiger partial charge in [0.2, 0.25) is 5.75 Å². The summed E-state index contributed by atoms with van der Waals surface area (Å²) in [5, 5.41) is 3.32. The number of anilines is 1. The lowest BCUT2D eigenvalue weighted by Crippen LogP contribution is -2.30. The minimum absolute atomic E-state index is 0.223. The second kappa shape index (κ2) is 7.67. The SMILES string of the molecule is COc1cc(/C=C2\NC(=S)N(c3cccc(C)c3)C2=O)cc(OC)c1OC. The molecule has 0 unspecified atom stereocenters. The zero-order valence-electron chi connectivity index (χ0n) is 15.5. The first kappa shape index (κ1) is 18.7. The second-order valence-corrected chi connectivity index (χ2v) is 6.31. The van der Waals surface area contributed by atoms with E-state index < -0.39 is 0 Å². The van der Waals surface area contributed by atoms with Gasteiger partial charge >= 0.3 is 0 Å². The summed E-state index contributed by atoms with van der Waals surface area (Å²) in [6.45, 7) is 1.97. The van der Waals surface area contributed by atoms with Crippen LogP contribution in [0, 0.1) is 6.92 Å². The molecule has 140 valence electrons. The number of amides is 1. The quantitative estimate of drug-likeness (QED) is 0.631. The monoisotopic (exact) mass is 384 g/mol. The van der Waals surface area contributed by atoms with E-state index in [2.05, 4.69) is 5.32 Å². The van der Waals surface area contributed by atoms with E-state index in [1.54, 1.807) is 39.5 Å². The standard InChI is InChI=1S/C20H20N2O4S/c1-12-6-5-7-14(8-12)22-19(23)15(21-20(22)27)9-13-10-16(24-2)18(26-4)17(11-13)25-3/h5-11H,1-4H3,(H,21,27)/b15-9-. The molecule has 3 rings (SSSR count). The first-order valence-electron chi connectivity index (χ1n) is 8.22. The van der Waals surface area contributed by atoms with Crippen molar-refractivity contribution in [2.24, 2.45) is 0 Å². The zero-order chi connectivity index (χ0) is 19.6. The fourth-order valence-electron chi connectivity index (χ4n) is 2.89. The lowest BCUT2D eigenvalue weighted by atomic mass is 10.1. The number of methoxy groups -OCH3 is 3. The number of nitrogens with zero attached hydrogens (tertiary/aromatic N) is 1. The fourth-order valence-corrected chi connectivity index (χ4v) is 3.19. The third kappa shape index (κ3) is 3.59. The minimum Gasteiger partial charge on any atom is -0.493 e. The van der Waals surface area contributed by atoms with Crippen LogP contribution in [0.1, 0.15) is 11.1 Å². The molecule has 7 heteroatoms. The van der Waals surface area contributed by atoms with Crippen LogP contribution in [0.2, 0.25) is 0 Å². The highest BCUT2D eigenvalue weighted by Gasteiger charge is 2.32. The van der Waals surface area contributed by atoms with Gasteiger partial charge in [0, 0.05) is 0 Å². The molecule has 0 spiro atoms. The number of hydrogen-bond acceptors (Lipinski definition) is 5. The molecular weight excluding hydrogens is 364 g/mol. The van der Waals surface area contributed by atoms with E-state index in [0.717, 1.165) is 11.3 Å². The Labute approximate surface area is 163 Å². The molecule has 0 atom stereocenters. The van der Waals surface area contributed by atoms with Gasteiger partial charge < -0.3 is 19.5 Å². The van der Waals surface area contributed by atoms with Crippen LogP contribution >= 0.6 is 12.2 Å². The van der Waals surface area contributed by atoms with Crippen LogP contribution < -0.4 is 24.4 Å². The highest BCUT2D eigenvalue weighted by atomic mass is 32.1. The van der Waals surface area contributed by atoms with Gasteiger partial charge in [-0.3, -0.25) is 9.69 Å². The number of carbonyl (C=O) groups excluding carboxylic acids is 1. The Morgan fingerprint density at radius 3 is 2.26 bits per heavy atom. The molecular formula is C20H20N2O4S. The number of nitrogens with one attached hydrogen (secondary N) is 1. The molecule has 1 fully saturated rings. The molecule has 0 aliphatic carbocycles. The van der Waals surface area contributed by atoms with Crippen LogP contribution in [0.15, 0.2) is 42.1 Å². The summed E-state index contributed by atoms with van der Waals surface area (Å²) in [7, 11) is 4.63. The zero-order valence-corrected chi connectivity index (χ0v) is 16.3. The fraction of sp³-hybridized carbons (Fsp3) is 0.200. The number of hydrogen-bond donors (Lipinski definition) is 1. The van der Waals surface area contributed by atoms with E-state index in [1.165, 1.54) is 4.90 Å². The summed E-state index contributed by atoms with van der Waals surface area (Å²) in [4.78, 5) is 14.4. The Morgan fingerprint density at radius 1 is 1.04 bits per heavy atom. The van der Waals surface area contributed by atoms with Gasteiger partial charge in [-0.05, 0) is 60.6 Å². The average molecular weight is 384 g/mol. The largest absolute Gasteiger partial charge is 0.493 e. The van der Waals surface area contributed by atoms with E-state index in [1.807, 2.05) is 31.2 Å². The van der Waals surface area contributed by atoms with Gasteiger partial charge in [0.05, 0.1) is 27.0 Å². The van der Waals surface area contributed by atoms with Gasteiger partial charge in [-0.1, -0.05) is 12.1 Å². The Bertz CT molecular complexity index is 914. The summed E-state index contributed by atoms with van der Waals surface area (Å²) in [6.07, 6.45) is 1.70. The number of rotatable bonds is 5. The number of ether oxygens (including phenoxy) is 3. The number of carbonyl (C=O) groups is 1. The van der Waals surface area contributed by atoms with Gasteiger partial charge in [0.1, 0.15) is 5.70 Å². The highest BCUT2D eigenvalue weighted by molar-refractivity contribution is 7.80. The molecule has 1 aliphatic rings. The van der Waals surface area contributed by atoms with Gasteiger partial charge in [-0.25, -0.2) is 0 Å². The smallest absolute Gasteiger partial charge is 0.281 e. The van der Waals surface area contributed by atoms with Crippen molar-refractivity contribution in [1.29, 1.82) is 0 Å². The highest BCUT2D eigenvalue weighted by Crippen LogP contribution is 2.39. The number of benzene rings is 2. The lowest BCUT2D eigenvalue weighted by Gasteiger charge is -2.14. The third-order valence-corrected chi connectivity index (χ3v) is 4.42. The Morgan fingerprint density at radius 2 is 1.70 bits per heavy atom. The maximum absolute atomic E-state index is 12.9. The van der Waals surface area contributed by atoms with Crippen LogP contribution in [-0.2, 0) is 4.79 Å². The second-order valence-electron chi connectivity index (χ2n) is 5.93. The molecule has 0 radical (unpaired) electrons. The molecule has 2 aromatic rings. The molecule has 0 saturated carbocycles. The summed E-state index contributed by atoms with van der Waals surface area (Å²) < 4.78 is 16.0. The maximum Gasteiger partial charge on any atom is 0.281 e. The summed E-state index contributed by atoms with van der Waals surface area (Å²) >= 11 is 5.36. The van der Waals surface area contributed by atoms with Crippen molar-refractivity contribution in [3.63, 3.8) is 0 Å². The van der Waals surface area contributed by atoms with E-state index in [9.17, 15) is 4.79 Å². The van der Waals surface area contributed by atoms with Crippen molar-refractivity contribution >= 4 is 35.0 Å². The van der Waals surface area contributed by atoms with Crippen LogP contribution in [0.4, 0.5) is 5.69 Å². The van der Waals surface area contributed by atoms with Gasteiger partial charge in [-0.2, -0.15) is 0 Å². The Balaban J connectivity index is 1.99. The van der Waals surface area contributed by atoms with Crippen LogP contribution in [-0.4, -0.2) is 32.3 Å². The summed E-state index contributed by atoms with van der Waals surface area (Å²) in [6, 6.07) is 11.1. The normalized spacial score (nSPS) is 15.1. The molecule has 1 aliphatic heterocycles. The molecule has 1 N–H and O–H groups in total. The summed E-state index contributed by atoms with van der Waals surface area (Å²) in [5.74, 6) is 1.28. The predicted octanol–water partition coefficient (Wildman–Crippen LogP) is 3.28. The van der Waals surface area contributed by atoms with E-state index in [0.29, 0.717) is 33.6 Å². The predicted molar refractivity (Wildman–Crippen MR) is 108 cm³/mol. The minimum atomic E-state index is -0.223. The first-order chi connectivity index (χ1) is 13.0. The molecule has 0 bridgehead atoms. The van der Waals surface area contributed by atoms with Crippen molar-refractivity contribution in [3.05, 3.63) is 53.2 Å². The molecule has 1 heterocycles. The van der Waals surface area contributed by atoms with Crippen molar-refractivity contribution in [1.82, 2.24) is 5.32 Å². The summed E-state index contributed by atoms with van der Waals surface area (Å²) in [5.41, 5.74) is 2.86. The molecule has 0 aromatic heterocycles. The van der Waals surface area contributed by atoms with Crippen molar-refractivity contribution in [2.45, 2.75) is 6.92 Å². The van der Waals surface area contributed by atoms with E-state index in [-0.39, 0.29) is 5.91 Å². The third-order valence-electron chi connectivity index (χ3n) is 4.14. The van der Waals surface area contributed by atoms with Gasteiger partial charge in [0.15, 0.2) is 16.6 Å². The molecule has 6 nitrogen and oxygen atoms in total. The van der Waals surface area contributed by atoms with Gasteiger partial charge in [-0.15, -0.1) is 0 Å². The first-order valence-corrected chi connectivity index (χ1v) is 8.63. The van der Waals surface area contributed by atoms with Crippen molar-refractivity contribution < 1.29 is 19.0 Å². The van der Waals surface area contributed by atoms with Crippen LogP contribution in [0.5, 0.6) is 17.2 Å². The van der Waals surface area contributed by atoms with Crippen LogP contribution in [0.3, 0.4) is 0 Å². The Kier molecular flexibility index (Phi) is 5.32. The lowest BCUT2D eigenvalue weighted by molar-refractivity contribution is -0.113. The molecule has 27 heavy (non-hydrogen) atoms.